The summed E-state index contributed by atoms with van der Waals surface area (Å²) in [5.74, 6) is 0.437. The van der Waals surface area contributed by atoms with Gasteiger partial charge in [0.05, 0.1) is 34.0 Å². The molecule has 0 radical (unpaired) electrons. The first-order chi connectivity index (χ1) is 14.3. The molecule has 4 N–H and O–H groups in total. The van der Waals surface area contributed by atoms with Crippen LogP contribution in [-0.4, -0.2) is 40.3 Å². The summed E-state index contributed by atoms with van der Waals surface area (Å²) in [6.07, 6.45) is 4.30. The third-order valence-electron chi connectivity index (χ3n) is 4.22. The summed E-state index contributed by atoms with van der Waals surface area (Å²) in [7, 11) is 5.97. The predicted octanol–water partition coefficient (Wildman–Crippen LogP) is 2.25. The van der Waals surface area contributed by atoms with E-state index in [1.54, 1.807) is 36.4 Å². The molecule has 8 nitrogen and oxygen atoms in total. The highest BCUT2D eigenvalue weighted by Gasteiger charge is 2.19. The Morgan fingerprint density at radius 1 is 0.800 bits per heavy atom. The molecule has 0 heterocycles. The molecule has 0 spiro atoms. The standard InChI is InChI=1S/C22H24N2O6/c1-27-17-7-5-13(11-18(17)28-2)10-16(22(24)26)15-9-14(6-8-20(23)25)12-19(29-3)21(15)30-4/h5-12H,1-4H3,(H2,23,25)(H2,24,26)/b8-6+,16-10-. The van der Waals surface area contributed by atoms with Gasteiger partial charge in [0.25, 0.3) is 0 Å². The molecule has 0 bridgehead atoms. The van der Waals surface area contributed by atoms with Gasteiger partial charge in [-0.1, -0.05) is 6.07 Å². The number of carbonyl (C=O) groups excluding carboxylic acids is 2. The summed E-state index contributed by atoms with van der Waals surface area (Å²) in [4.78, 5) is 23.4. The Balaban J connectivity index is 2.71. The van der Waals surface area contributed by atoms with Crippen LogP contribution in [0.25, 0.3) is 17.7 Å². The minimum absolute atomic E-state index is 0.173. The lowest BCUT2D eigenvalue weighted by Crippen LogP contribution is -2.14. The molecule has 0 unspecified atom stereocenters. The largest absolute Gasteiger partial charge is 0.493 e. The summed E-state index contributed by atoms with van der Waals surface area (Å²) in [5.41, 5.74) is 12.6. The highest BCUT2D eigenvalue weighted by Crippen LogP contribution is 2.38. The zero-order valence-electron chi connectivity index (χ0n) is 17.2. The van der Waals surface area contributed by atoms with Crippen molar-refractivity contribution in [2.75, 3.05) is 28.4 Å². The van der Waals surface area contributed by atoms with Crippen molar-refractivity contribution >= 4 is 29.5 Å². The molecule has 0 aliphatic heterocycles. The smallest absolute Gasteiger partial charge is 0.249 e. The van der Waals surface area contributed by atoms with E-state index in [2.05, 4.69) is 0 Å². The molecule has 0 atom stereocenters. The van der Waals surface area contributed by atoms with Crippen molar-refractivity contribution in [2.45, 2.75) is 0 Å². The Bertz CT molecular complexity index is 1010. The number of nitrogens with two attached hydrogens (primary N) is 2. The molecule has 0 aromatic heterocycles. The van der Waals surface area contributed by atoms with Crippen molar-refractivity contribution in [3.05, 3.63) is 53.1 Å². The molecule has 0 saturated heterocycles. The number of ether oxygens (including phenoxy) is 4. The maximum Gasteiger partial charge on any atom is 0.249 e. The number of amides is 2. The number of benzene rings is 2. The number of rotatable bonds is 9. The molecule has 2 aromatic rings. The number of methoxy groups -OCH3 is 4. The first-order valence-electron chi connectivity index (χ1n) is 8.82. The third-order valence-corrected chi connectivity index (χ3v) is 4.22. The first-order valence-corrected chi connectivity index (χ1v) is 8.82. The van der Waals surface area contributed by atoms with Crippen LogP contribution in [-0.2, 0) is 9.59 Å². The van der Waals surface area contributed by atoms with E-state index < -0.39 is 11.8 Å². The highest BCUT2D eigenvalue weighted by atomic mass is 16.5. The van der Waals surface area contributed by atoms with Crippen LogP contribution in [0.4, 0.5) is 0 Å². The Hall–Kier alpha value is -3.94. The molecule has 2 rings (SSSR count). The summed E-state index contributed by atoms with van der Waals surface area (Å²) < 4.78 is 21.4. The lowest BCUT2D eigenvalue weighted by molar-refractivity contribution is -0.114. The van der Waals surface area contributed by atoms with Crippen molar-refractivity contribution in [1.82, 2.24) is 0 Å². The van der Waals surface area contributed by atoms with Crippen LogP contribution in [0.2, 0.25) is 0 Å². The minimum Gasteiger partial charge on any atom is -0.493 e. The van der Waals surface area contributed by atoms with E-state index >= 15 is 0 Å². The molecule has 0 aliphatic carbocycles. The molecule has 0 fully saturated rings. The van der Waals surface area contributed by atoms with E-state index in [1.807, 2.05) is 0 Å². The number of carbonyl (C=O) groups is 2. The van der Waals surface area contributed by atoms with Gasteiger partial charge in [0.1, 0.15) is 0 Å². The van der Waals surface area contributed by atoms with E-state index in [-0.39, 0.29) is 5.57 Å². The Morgan fingerprint density at radius 2 is 1.43 bits per heavy atom. The molecule has 2 amide bonds. The Labute approximate surface area is 174 Å². The zero-order valence-corrected chi connectivity index (χ0v) is 17.2. The van der Waals surface area contributed by atoms with Gasteiger partial charge in [-0.15, -0.1) is 0 Å². The highest BCUT2D eigenvalue weighted by molar-refractivity contribution is 6.24. The van der Waals surface area contributed by atoms with Gasteiger partial charge in [-0.2, -0.15) is 0 Å². The van der Waals surface area contributed by atoms with Crippen molar-refractivity contribution in [1.29, 1.82) is 0 Å². The van der Waals surface area contributed by atoms with Crippen LogP contribution in [0.5, 0.6) is 23.0 Å². The predicted molar refractivity (Wildman–Crippen MR) is 114 cm³/mol. The van der Waals surface area contributed by atoms with Gasteiger partial charge in [-0.3, -0.25) is 9.59 Å². The van der Waals surface area contributed by atoms with Gasteiger partial charge in [-0.05, 0) is 47.5 Å². The van der Waals surface area contributed by atoms with Crippen LogP contribution >= 0.6 is 0 Å². The van der Waals surface area contributed by atoms with Crippen molar-refractivity contribution in [3.8, 4) is 23.0 Å². The molecule has 30 heavy (non-hydrogen) atoms. The van der Waals surface area contributed by atoms with Crippen molar-refractivity contribution in [2.24, 2.45) is 11.5 Å². The maximum absolute atomic E-state index is 12.3. The molecule has 0 saturated carbocycles. The van der Waals surface area contributed by atoms with E-state index in [4.69, 9.17) is 30.4 Å². The summed E-state index contributed by atoms with van der Waals surface area (Å²) in [5, 5.41) is 0. The van der Waals surface area contributed by atoms with E-state index in [0.29, 0.717) is 39.7 Å². The lowest BCUT2D eigenvalue weighted by Gasteiger charge is -2.15. The van der Waals surface area contributed by atoms with Crippen molar-refractivity contribution in [3.63, 3.8) is 0 Å². The summed E-state index contributed by atoms with van der Waals surface area (Å²) >= 11 is 0. The lowest BCUT2D eigenvalue weighted by atomic mass is 9.98. The van der Waals surface area contributed by atoms with Crippen LogP contribution in [0, 0.1) is 0 Å². The van der Waals surface area contributed by atoms with E-state index in [0.717, 1.165) is 0 Å². The molecular formula is C22H24N2O6. The second-order valence-electron chi connectivity index (χ2n) is 6.08. The molecular weight excluding hydrogens is 388 g/mol. The number of hydrogen-bond acceptors (Lipinski definition) is 6. The van der Waals surface area contributed by atoms with Gasteiger partial charge < -0.3 is 30.4 Å². The monoisotopic (exact) mass is 412 g/mol. The topological polar surface area (TPSA) is 123 Å². The fraction of sp³-hybridized carbons (Fsp3) is 0.182. The van der Waals surface area contributed by atoms with Gasteiger partial charge in [-0.25, -0.2) is 0 Å². The quantitative estimate of drug-likeness (QED) is 0.481. The number of primary amides is 2. The SMILES string of the molecule is COc1ccc(/C=C(\C(N)=O)c2cc(/C=C/C(N)=O)cc(OC)c2OC)cc1OC. The second-order valence-corrected chi connectivity index (χ2v) is 6.08. The molecule has 8 heteroatoms. The van der Waals surface area contributed by atoms with Crippen molar-refractivity contribution < 1.29 is 28.5 Å². The summed E-state index contributed by atoms with van der Waals surface area (Å²) in [6.45, 7) is 0. The van der Waals surface area contributed by atoms with Gasteiger partial charge >= 0.3 is 0 Å². The van der Waals surface area contributed by atoms with E-state index in [1.165, 1.54) is 40.6 Å². The van der Waals surface area contributed by atoms with Crippen LogP contribution in [0.1, 0.15) is 16.7 Å². The van der Waals surface area contributed by atoms with Gasteiger partial charge in [0, 0.05) is 11.6 Å². The van der Waals surface area contributed by atoms with E-state index in [9.17, 15) is 9.59 Å². The third kappa shape index (κ3) is 5.11. The van der Waals surface area contributed by atoms with Crippen LogP contribution < -0.4 is 30.4 Å². The summed E-state index contributed by atoms with van der Waals surface area (Å²) in [6, 6.07) is 8.48. The van der Waals surface area contributed by atoms with Gasteiger partial charge in [0.2, 0.25) is 11.8 Å². The average molecular weight is 412 g/mol. The number of hydrogen-bond donors (Lipinski definition) is 2. The first kappa shape index (κ1) is 22.4. The molecule has 158 valence electrons. The normalized spacial score (nSPS) is 11.3. The fourth-order valence-electron chi connectivity index (χ4n) is 2.85. The minimum atomic E-state index is -0.679. The second kappa shape index (κ2) is 10.0. The van der Waals surface area contributed by atoms with Crippen LogP contribution in [0.3, 0.4) is 0 Å². The molecule has 0 aliphatic rings. The Kier molecular flexibility index (Phi) is 7.46. The Morgan fingerprint density at radius 3 is 1.97 bits per heavy atom. The molecule has 2 aromatic carbocycles. The average Bonchev–Trinajstić information content (AvgIpc) is 2.74. The van der Waals surface area contributed by atoms with Crippen LogP contribution in [0.15, 0.2) is 36.4 Å². The maximum atomic E-state index is 12.3. The zero-order chi connectivity index (χ0) is 22.3. The van der Waals surface area contributed by atoms with Gasteiger partial charge in [0.15, 0.2) is 23.0 Å². The fourth-order valence-corrected chi connectivity index (χ4v) is 2.85.